The van der Waals surface area contributed by atoms with Crippen LogP contribution in [0, 0.1) is 6.92 Å². The van der Waals surface area contributed by atoms with Gasteiger partial charge in [-0.25, -0.2) is 0 Å². The maximum absolute atomic E-state index is 5.36. The molecule has 2 aromatic rings. The summed E-state index contributed by atoms with van der Waals surface area (Å²) in [4.78, 5) is 4.35. The van der Waals surface area contributed by atoms with Crippen molar-refractivity contribution in [2.45, 2.75) is 20.4 Å². The largest absolute Gasteiger partial charge is 0.478 e. The number of hydrogen-bond acceptors (Lipinski definition) is 4. The van der Waals surface area contributed by atoms with Gasteiger partial charge >= 0.3 is 0 Å². The number of pyridine rings is 1. The Morgan fingerprint density at radius 1 is 1.39 bits per heavy atom. The Morgan fingerprint density at radius 2 is 2.22 bits per heavy atom. The summed E-state index contributed by atoms with van der Waals surface area (Å²) >= 11 is 0. The van der Waals surface area contributed by atoms with Crippen LogP contribution in [-0.4, -0.2) is 21.4 Å². The molecule has 0 saturated heterocycles. The van der Waals surface area contributed by atoms with Gasteiger partial charge in [-0.15, -0.1) is 0 Å². The number of aromatic nitrogens is 3. The van der Waals surface area contributed by atoms with Gasteiger partial charge in [0, 0.05) is 30.9 Å². The molecule has 5 heteroatoms. The third-order valence-corrected chi connectivity index (χ3v) is 2.81. The van der Waals surface area contributed by atoms with Gasteiger partial charge in [0.05, 0.1) is 12.8 Å². The van der Waals surface area contributed by atoms with Crippen LogP contribution in [0.15, 0.2) is 24.4 Å². The van der Waals surface area contributed by atoms with Crippen molar-refractivity contribution in [2.75, 3.05) is 11.9 Å². The van der Waals surface area contributed by atoms with E-state index in [-0.39, 0.29) is 0 Å². The molecule has 0 saturated carbocycles. The van der Waals surface area contributed by atoms with Gasteiger partial charge in [0.15, 0.2) is 0 Å². The summed E-state index contributed by atoms with van der Waals surface area (Å²) in [7, 11) is 1.94. The lowest BCUT2D eigenvalue weighted by Gasteiger charge is -2.07. The summed E-state index contributed by atoms with van der Waals surface area (Å²) in [6, 6.07) is 5.70. The molecule has 0 fully saturated rings. The summed E-state index contributed by atoms with van der Waals surface area (Å²) in [6.07, 6.45) is 1.87. The first-order valence-corrected chi connectivity index (χ1v) is 6.02. The molecular formula is C13H18N4O. The molecule has 0 radical (unpaired) electrons. The second-order valence-electron chi connectivity index (χ2n) is 4.03. The lowest BCUT2D eigenvalue weighted by Crippen LogP contribution is -2.04. The third-order valence-electron chi connectivity index (χ3n) is 2.81. The van der Waals surface area contributed by atoms with E-state index in [0.29, 0.717) is 19.0 Å². The SMILES string of the molecule is CCOc1cccc(NCc2cnn(C)c2C)n1. The zero-order valence-electron chi connectivity index (χ0n) is 11.0. The number of ether oxygens (including phenoxy) is 1. The number of aryl methyl sites for hydroxylation is 1. The van der Waals surface area contributed by atoms with Crippen LogP contribution in [0.25, 0.3) is 0 Å². The smallest absolute Gasteiger partial charge is 0.215 e. The number of rotatable bonds is 5. The molecule has 0 aromatic carbocycles. The van der Waals surface area contributed by atoms with Crippen molar-refractivity contribution in [1.29, 1.82) is 0 Å². The highest BCUT2D eigenvalue weighted by Crippen LogP contribution is 2.13. The summed E-state index contributed by atoms with van der Waals surface area (Å²) in [6.45, 7) is 5.33. The lowest BCUT2D eigenvalue weighted by molar-refractivity contribution is 0.327. The van der Waals surface area contributed by atoms with E-state index >= 15 is 0 Å². The van der Waals surface area contributed by atoms with E-state index in [9.17, 15) is 0 Å². The quantitative estimate of drug-likeness (QED) is 0.878. The van der Waals surface area contributed by atoms with Gasteiger partial charge in [-0.2, -0.15) is 10.1 Å². The first-order chi connectivity index (χ1) is 8.70. The summed E-state index contributed by atoms with van der Waals surface area (Å²) in [5, 5.41) is 7.48. The molecule has 2 aromatic heterocycles. The summed E-state index contributed by atoms with van der Waals surface area (Å²) in [5.74, 6) is 1.45. The minimum atomic E-state index is 0.623. The van der Waals surface area contributed by atoms with Gasteiger partial charge in [-0.3, -0.25) is 4.68 Å². The fraction of sp³-hybridized carbons (Fsp3) is 0.385. The molecule has 0 aliphatic carbocycles. The maximum Gasteiger partial charge on any atom is 0.215 e. The summed E-state index contributed by atoms with van der Waals surface area (Å²) < 4.78 is 7.22. The summed E-state index contributed by atoms with van der Waals surface area (Å²) in [5.41, 5.74) is 2.32. The first-order valence-electron chi connectivity index (χ1n) is 6.02. The number of anilines is 1. The fourth-order valence-electron chi connectivity index (χ4n) is 1.65. The van der Waals surface area contributed by atoms with Crippen molar-refractivity contribution in [2.24, 2.45) is 7.05 Å². The lowest BCUT2D eigenvalue weighted by atomic mass is 10.2. The van der Waals surface area contributed by atoms with E-state index < -0.39 is 0 Å². The van der Waals surface area contributed by atoms with E-state index in [1.54, 1.807) is 0 Å². The average molecular weight is 246 g/mol. The second-order valence-corrected chi connectivity index (χ2v) is 4.03. The minimum absolute atomic E-state index is 0.623. The number of nitrogens with one attached hydrogen (secondary N) is 1. The normalized spacial score (nSPS) is 10.4. The van der Waals surface area contributed by atoms with Crippen molar-refractivity contribution < 1.29 is 4.74 Å². The molecule has 18 heavy (non-hydrogen) atoms. The average Bonchev–Trinajstić information content (AvgIpc) is 2.69. The molecule has 5 nitrogen and oxygen atoms in total. The van der Waals surface area contributed by atoms with E-state index in [1.165, 1.54) is 5.56 Å². The molecule has 0 aliphatic heterocycles. The second kappa shape index (κ2) is 5.53. The molecule has 96 valence electrons. The Kier molecular flexibility index (Phi) is 3.82. The topological polar surface area (TPSA) is 52.0 Å². The maximum atomic E-state index is 5.36. The highest BCUT2D eigenvalue weighted by molar-refractivity contribution is 5.38. The van der Waals surface area contributed by atoms with Gasteiger partial charge in [0.25, 0.3) is 0 Å². The number of hydrogen-bond donors (Lipinski definition) is 1. The molecule has 0 aliphatic rings. The monoisotopic (exact) mass is 246 g/mol. The molecule has 2 heterocycles. The Balaban J connectivity index is 2.01. The molecular weight excluding hydrogens is 228 g/mol. The van der Waals surface area contributed by atoms with Crippen molar-refractivity contribution in [1.82, 2.24) is 14.8 Å². The van der Waals surface area contributed by atoms with Crippen LogP contribution >= 0.6 is 0 Å². The molecule has 0 spiro atoms. The van der Waals surface area contributed by atoms with Crippen molar-refractivity contribution in [3.05, 3.63) is 35.7 Å². The van der Waals surface area contributed by atoms with Crippen LogP contribution in [0.1, 0.15) is 18.2 Å². The molecule has 0 bridgehead atoms. The van der Waals surface area contributed by atoms with Crippen molar-refractivity contribution in [3.63, 3.8) is 0 Å². The highest BCUT2D eigenvalue weighted by atomic mass is 16.5. The van der Waals surface area contributed by atoms with Crippen molar-refractivity contribution in [3.8, 4) is 5.88 Å². The van der Waals surface area contributed by atoms with Crippen LogP contribution in [0.2, 0.25) is 0 Å². The number of nitrogens with zero attached hydrogens (tertiary/aromatic N) is 3. The standard InChI is InChI=1S/C13H18N4O/c1-4-18-13-7-5-6-12(16-13)14-8-11-9-15-17(3)10(11)2/h5-7,9H,4,8H2,1-3H3,(H,14,16). The van der Waals surface area contributed by atoms with Crippen LogP contribution < -0.4 is 10.1 Å². The Morgan fingerprint density at radius 3 is 2.89 bits per heavy atom. The van der Waals surface area contributed by atoms with Gasteiger partial charge in [0.1, 0.15) is 5.82 Å². The first kappa shape index (κ1) is 12.4. The molecule has 0 amide bonds. The third kappa shape index (κ3) is 2.80. The molecule has 1 N–H and O–H groups in total. The zero-order valence-corrected chi connectivity index (χ0v) is 11.0. The van der Waals surface area contributed by atoms with Crippen molar-refractivity contribution >= 4 is 5.82 Å². The predicted molar refractivity (Wildman–Crippen MR) is 70.7 cm³/mol. The molecule has 0 atom stereocenters. The van der Waals surface area contributed by atoms with E-state index in [4.69, 9.17) is 4.74 Å². The highest BCUT2D eigenvalue weighted by Gasteiger charge is 2.04. The zero-order chi connectivity index (χ0) is 13.0. The van der Waals surface area contributed by atoms with Crippen LogP contribution in [0.5, 0.6) is 5.88 Å². The van der Waals surface area contributed by atoms with Gasteiger partial charge in [0.2, 0.25) is 5.88 Å². The Labute approximate surface area is 107 Å². The molecule has 2 rings (SSSR count). The fourth-order valence-corrected chi connectivity index (χ4v) is 1.65. The van der Waals surface area contributed by atoms with Gasteiger partial charge < -0.3 is 10.1 Å². The predicted octanol–water partition coefficient (Wildman–Crippen LogP) is 2.13. The van der Waals surface area contributed by atoms with Crippen LogP contribution in [-0.2, 0) is 13.6 Å². The van der Waals surface area contributed by atoms with E-state index in [1.807, 2.05) is 50.0 Å². The van der Waals surface area contributed by atoms with Gasteiger partial charge in [-0.1, -0.05) is 6.07 Å². The Hall–Kier alpha value is -2.04. The molecule has 0 unspecified atom stereocenters. The van der Waals surface area contributed by atoms with E-state index in [2.05, 4.69) is 15.4 Å². The Bertz CT molecular complexity index is 521. The minimum Gasteiger partial charge on any atom is -0.478 e. The van der Waals surface area contributed by atoms with E-state index in [0.717, 1.165) is 11.5 Å². The van der Waals surface area contributed by atoms with Crippen LogP contribution in [0.4, 0.5) is 5.82 Å². The van der Waals surface area contributed by atoms with Gasteiger partial charge in [-0.05, 0) is 19.9 Å². The van der Waals surface area contributed by atoms with Crippen LogP contribution in [0.3, 0.4) is 0 Å².